The maximum Gasteiger partial charge on any atom is 0.147 e. The van der Waals surface area contributed by atoms with Gasteiger partial charge in [0.05, 0.1) is 10.6 Å². The van der Waals surface area contributed by atoms with E-state index in [1.165, 1.54) is 0 Å². The second-order valence-electron chi connectivity index (χ2n) is 4.93. The molecule has 0 spiro atoms. The van der Waals surface area contributed by atoms with Gasteiger partial charge in [-0.1, -0.05) is 11.6 Å². The van der Waals surface area contributed by atoms with E-state index >= 15 is 0 Å². The van der Waals surface area contributed by atoms with Gasteiger partial charge in [0, 0.05) is 31.5 Å². The number of nitrogens with zero attached hydrogens (tertiary/aromatic N) is 4. The Balaban J connectivity index is 1.64. The summed E-state index contributed by atoms with van der Waals surface area (Å²) in [5.41, 5.74) is 0.564. The highest BCUT2D eigenvalue weighted by Crippen LogP contribution is 2.26. The first-order valence-electron chi connectivity index (χ1n) is 6.74. The van der Waals surface area contributed by atoms with E-state index < -0.39 is 0 Å². The van der Waals surface area contributed by atoms with Gasteiger partial charge in [-0.2, -0.15) is 5.26 Å². The molecule has 21 heavy (non-hydrogen) atoms. The summed E-state index contributed by atoms with van der Waals surface area (Å²) < 4.78 is 0. The van der Waals surface area contributed by atoms with E-state index in [4.69, 9.17) is 16.9 Å². The van der Waals surface area contributed by atoms with Crippen molar-refractivity contribution >= 4 is 23.2 Å². The van der Waals surface area contributed by atoms with Crippen LogP contribution in [0.2, 0.25) is 5.02 Å². The molecule has 0 aliphatic carbocycles. The Bertz CT molecular complexity index is 665. The third-order valence-corrected chi connectivity index (χ3v) is 3.77. The number of nitrogens with one attached hydrogen (secondary N) is 1. The van der Waals surface area contributed by atoms with Gasteiger partial charge >= 0.3 is 0 Å². The maximum atomic E-state index is 8.76. The van der Waals surface area contributed by atoms with Crippen LogP contribution in [0, 0.1) is 11.3 Å². The predicted molar refractivity (Wildman–Crippen MR) is 82.4 cm³/mol. The summed E-state index contributed by atoms with van der Waals surface area (Å²) in [6.07, 6.45) is 4.32. The SMILES string of the molecule is N#Cc1ccc(NC2CCN(c3ncccc3Cl)C2)nc1. The van der Waals surface area contributed by atoms with E-state index in [1.807, 2.05) is 18.2 Å². The normalized spacial score (nSPS) is 17.5. The molecule has 0 bridgehead atoms. The van der Waals surface area contributed by atoms with Crippen LogP contribution in [0.3, 0.4) is 0 Å². The van der Waals surface area contributed by atoms with Crippen LogP contribution in [0.4, 0.5) is 11.6 Å². The van der Waals surface area contributed by atoms with Crippen molar-refractivity contribution in [2.75, 3.05) is 23.3 Å². The number of hydrogen-bond acceptors (Lipinski definition) is 5. The van der Waals surface area contributed by atoms with Gasteiger partial charge in [-0.15, -0.1) is 0 Å². The molecule has 106 valence electrons. The number of anilines is 2. The Labute approximate surface area is 128 Å². The van der Waals surface area contributed by atoms with Crippen LogP contribution in [0.25, 0.3) is 0 Å². The Hall–Kier alpha value is -2.32. The topological polar surface area (TPSA) is 64.8 Å². The zero-order chi connectivity index (χ0) is 14.7. The number of rotatable bonds is 3. The molecule has 1 saturated heterocycles. The van der Waals surface area contributed by atoms with Gasteiger partial charge in [0.1, 0.15) is 17.7 Å². The Kier molecular flexibility index (Phi) is 3.89. The summed E-state index contributed by atoms with van der Waals surface area (Å²) in [5.74, 6) is 1.62. The molecule has 1 N–H and O–H groups in total. The second-order valence-corrected chi connectivity index (χ2v) is 5.34. The monoisotopic (exact) mass is 299 g/mol. The van der Waals surface area contributed by atoms with E-state index in [0.29, 0.717) is 16.6 Å². The molecule has 2 aromatic heterocycles. The fourth-order valence-electron chi connectivity index (χ4n) is 2.44. The molecule has 5 nitrogen and oxygen atoms in total. The maximum absolute atomic E-state index is 8.76. The van der Waals surface area contributed by atoms with Gasteiger partial charge in [-0.05, 0) is 30.7 Å². The number of pyridine rings is 2. The van der Waals surface area contributed by atoms with E-state index in [0.717, 1.165) is 31.1 Å². The first-order valence-corrected chi connectivity index (χ1v) is 7.12. The third-order valence-electron chi connectivity index (χ3n) is 3.47. The lowest BCUT2D eigenvalue weighted by atomic mass is 10.2. The molecular weight excluding hydrogens is 286 g/mol. The molecule has 1 fully saturated rings. The van der Waals surface area contributed by atoms with Crippen LogP contribution in [0.1, 0.15) is 12.0 Å². The predicted octanol–water partition coefficient (Wildman–Crippen LogP) is 2.69. The minimum Gasteiger partial charge on any atom is -0.365 e. The Morgan fingerprint density at radius 1 is 1.33 bits per heavy atom. The summed E-state index contributed by atoms with van der Waals surface area (Å²) >= 11 is 6.18. The highest BCUT2D eigenvalue weighted by Gasteiger charge is 2.24. The average Bonchev–Trinajstić information content (AvgIpc) is 2.97. The Morgan fingerprint density at radius 3 is 2.95 bits per heavy atom. The largest absolute Gasteiger partial charge is 0.365 e. The minimum atomic E-state index is 0.295. The molecule has 3 heterocycles. The molecule has 1 atom stereocenters. The van der Waals surface area contributed by atoms with Gasteiger partial charge < -0.3 is 10.2 Å². The zero-order valence-electron chi connectivity index (χ0n) is 11.3. The van der Waals surface area contributed by atoms with Gasteiger partial charge in [0.2, 0.25) is 0 Å². The van der Waals surface area contributed by atoms with Crippen LogP contribution < -0.4 is 10.2 Å². The molecule has 2 aromatic rings. The lowest BCUT2D eigenvalue weighted by Crippen LogP contribution is -2.27. The van der Waals surface area contributed by atoms with E-state index in [2.05, 4.69) is 26.3 Å². The molecule has 3 rings (SSSR count). The fourth-order valence-corrected chi connectivity index (χ4v) is 2.68. The van der Waals surface area contributed by atoms with E-state index in [9.17, 15) is 0 Å². The van der Waals surface area contributed by atoms with Gasteiger partial charge in [0.15, 0.2) is 0 Å². The number of nitriles is 1. The van der Waals surface area contributed by atoms with Crippen LogP contribution in [-0.4, -0.2) is 29.1 Å². The average molecular weight is 300 g/mol. The lowest BCUT2D eigenvalue weighted by molar-refractivity contribution is 0.800. The van der Waals surface area contributed by atoms with Gasteiger partial charge in [-0.25, -0.2) is 9.97 Å². The number of halogens is 1. The van der Waals surface area contributed by atoms with E-state index in [-0.39, 0.29) is 0 Å². The van der Waals surface area contributed by atoms with Crippen molar-refractivity contribution in [2.24, 2.45) is 0 Å². The molecule has 1 unspecified atom stereocenters. The summed E-state index contributed by atoms with van der Waals surface area (Å²) in [6.45, 7) is 1.74. The molecule has 0 radical (unpaired) electrons. The molecule has 0 saturated carbocycles. The van der Waals surface area contributed by atoms with Crippen molar-refractivity contribution in [3.05, 3.63) is 47.2 Å². The van der Waals surface area contributed by atoms with Crippen molar-refractivity contribution in [3.8, 4) is 6.07 Å². The number of hydrogen-bond donors (Lipinski definition) is 1. The molecule has 1 aliphatic heterocycles. The second kappa shape index (κ2) is 5.98. The van der Waals surface area contributed by atoms with Crippen molar-refractivity contribution in [2.45, 2.75) is 12.5 Å². The number of aromatic nitrogens is 2. The molecular formula is C15H14ClN5. The van der Waals surface area contributed by atoms with Crippen molar-refractivity contribution in [3.63, 3.8) is 0 Å². The van der Waals surface area contributed by atoms with Crippen LogP contribution in [0.5, 0.6) is 0 Å². The first kappa shape index (κ1) is 13.7. The molecule has 0 aromatic carbocycles. The highest BCUT2D eigenvalue weighted by molar-refractivity contribution is 6.32. The highest BCUT2D eigenvalue weighted by atomic mass is 35.5. The van der Waals surface area contributed by atoms with Crippen LogP contribution >= 0.6 is 11.6 Å². The van der Waals surface area contributed by atoms with Crippen molar-refractivity contribution in [1.82, 2.24) is 9.97 Å². The lowest BCUT2D eigenvalue weighted by Gasteiger charge is -2.19. The quantitative estimate of drug-likeness (QED) is 0.944. The molecule has 0 amide bonds. The third kappa shape index (κ3) is 3.06. The summed E-state index contributed by atoms with van der Waals surface area (Å²) in [6, 6.07) is 9.63. The molecule has 6 heteroatoms. The standard InChI is InChI=1S/C15H14ClN5/c16-13-2-1-6-18-15(13)21-7-5-12(10-21)20-14-4-3-11(8-17)9-19-14/h1-4,6,9,12H,5,7,10H2,(H,19,20). The fraction of sp³-hybridized carbons (Fsp3) is 0.267. The van der Waals surface area contributed by atoms with Gasteiger partial charge in [0.25, 0.3) is 0 Å². The van der Waals surface area contributed by atoms with Crippen LogP contribution in [-0.2, 0) is 0 Å². The minimum absolute atomic E-state index is 0.295. The first-order chi connectivity index (χ1) is 10.3. The van der Waals surface area contributed by atoms with Crippen molar-refractivity contribution < 1.29 is 0 Å². The summed E-state index contributed by atoms with van der Waals surface area (Å²) in [5, 5.41) is 12.8. The Morgan fingerprint density at radius 2 is 2.24 bits per heavy atom. The zero-order valence-corrected chi connectivity index (χ0v) is 12.1. The van der Waals surface area contributed by atoms with E-state index in [1.54, 1.807) is 18.5 Å². The summed E-state index contributed by atoms with van der Waals surface area (Å²) in [4.78, 5) is 10.7. The smallest absolute Gasteiger partial charge is 0.147 e. The van der Waals surface area contributed by atoms with Crippen LogP contribution in [0.15, 0.2) is 36.7 Å². The summed E-state index contributed by atoms with van der Waals surface area (Å²) in [7, 11) is 0. The molecule has 1 aliphatic rings. The van der Waals surface area contributed by atoms with Gasteiger partial charge in [-0.3, -0.25) is 0 Å². The van der Waals surface area contributed by atoms with Crippen molar-refractivity contribution in [1.29, 1.82) is 5.26 Å².